The number of hydrogen-bond acceptors (Lipinski definition) is 4. The highest BCUT2D eigenvalue weighted by Crippen LogP contribution is 2.18. The van der Waals surface area contributed by atoms with Gasteiger partial charge in [-0.05, 0) is 48.5 Å². The molecule has 0 fully saturated rings. The minimum Gasteiger partial charge on any atom is -0.493 e. The third kappa shape index (κ3) is 3.51. The molecule has 2 N–H and O–H groups in total. The zero-order valence-corrected chi connectivity index (χ0v) is 13.4. The van der Waals surface area contributed by atoms with Gasteiger partial charge in [0.05, 0.1) is 11.4 Å². The van der Waals surface area contributed by atoms with Gasteiger partial charge in [-0.25, -0.2) is 13.8 Å². The minimum atomic E-state index is -0.802. The minimum absolute atomic E-state index is 0.209. The van der Waals surface area contributed by atoms with Crippen molar-refractivity contribution in [3.05, 3.63) is 85.8 Å². The first kappa shape index (κ1) is 16.7. The van der Waals surface area contributed by atoms with Crippen LogP contribution in [0.15, 0.2) is 63.1 Å². The van der Waals surface area contributed by atoms with E-state index in [1.165, 1.54) is 36.4 Å². The molecule has 3 rings (SSSR count). The van der Waals surface area contributed by atoms with Crippen LogP contribution in [-0.4, -0.2) is 20.9 Å². The Hall–Kier alpha value is -3.19. The molecule has 0 saturated heterocycles. The summed E-state index contributed by atoms with van der Waals surface area (Å²) in [7, 11) is 0. The van der Waals surface area contributed by atoms with Crippen LogP contribution in [0.5, 0.6) is 5.88 Å². The predicted molar refractivity (Wildman–Crippen MR) is 93.0 cm³/mol. The number of hydrogen-bond donors (Lipinski definition) is 2. The van der Waals surface area contributed by atoms with E-state index in [0.717, 1.165) is 10.8 Å². The second-order valence-electron chi connectivity index (χ2n) is 5.04. The van der Waals surface area contributed by atoms with Crippen LogP contribution in [0.3, 0.4) is 0 Å². The lowest BCUT2D eigenvalue weighted by molar-refractivity contribution is 0.430. The first-order valence-corrected chi connectivity index (χ1v) is 7.47. The van der Waals surface area contributed by atoms with Gasteiger partial charge in [0.15, 0.2) is 0 Å². The van der Waals surface area contributed by atoms with Crippen LogP contribution in [0.4, 0.5) is 10.1 Å². The summed E-state index contributed by atoms with van der Waals surface area (Å²) in [5.41, 5.74) is -1.11. The Kier molecular flexibility index (Phi) is 4.49. The van der Waals surface area contributed by atoms with Crippen molar-refractivity contribution >= 4 is 23.5 Å². The van der Waals surface area contributed by atoms with Crippen LogP contribution < -0.4 is 11.2 Å². The largest absolute Gasteiger partial charge is 0.493 e. The molecule has 2 aromatic carbocycles. The molecule has 25 heavy (non-hydrogen) atoms. The van der Waals surface area contributed by atoms with Gasteiger partial charge in [-0.2, -0.15) is 0 Å². The van der Waals surface area contributed by atoms with Crippen molar-refractivity contribution in [2.24, 2.45) is 4.99 Å². The van der Waals surface area contributed by atoms with Crippen LogP contribution in [0.2, 0.25) is 5.02 Å². The molecule has 0 aliphatic rings. The van der Waals surface area contributed by atoms with Crippen LogP contribution in [0, 0.1) is 5.82 Å². The molecule has 0 bridgehead atoms. The van der Waals surface area contributed by atoms with Crippen LogP contribution in [-0.2, 0) is 0 Å². The Labute approximate surface area is 145 Å². The highest BCUT2D eigenvalue weighted by Gasteiger charge is 2.14. The molecule has 0 aliphatic heterocycles. The number of nitrogens with one attached hydrogen (secondary N) is 1. The number of benzene rings is 2. The summed E-state index contributed by atoms with van der Waals surface area (Å²) in [6, 6.07) is 11.4. The van der Waals surface area contributed by atoms with Gasteiger partial charge in [-0.1, -0.05) is 11.6 Å². The Morgan fingerprint density at radius 1 is 1.08 bits per heavy atom. The predicted octanol–water partition coefficient (Wildman–Crippen LogP) is 2.77. The van der Waals surface area contributed by atoms with Crippen LogP contribution >= 0.6 is 11.6 Å². The molecule has 0 spiro atoms. The number of nitrogens with zero attached hydrogens (tertiary/aromatic N) is 2. The first-order valence-electron chi connectivity index (χ1n) is 7.09. The maximum absolute atomic E-state index is 12.9. The van der Waals surface area contributed by atoms with Crippen molar-refractivity contribution in [3.8, 4) is 11.6 Å². The molecular formula is C17H11ClFN3O3. The zero-order chi connectivity index (χ0) is 18.0. The summed E-state index contributed by atoms with van der Waals surface area (Å²) in [5.74, 6) is -0.988. The number of halogens is 2. The van der Waals surface area contributed by atoms with E-state index < -0.39 is 22.9 Å². The van der Waals surface area contributed by atoms with Gasteiger partial charge in [-0.15, -0.1) is 0 Å². The highest BCUT2D eigenvalue weighted by molar-refractivity contribution is 6.30. The number of aromatic hydroxyl groups is 1. The van der Waals surface area contributed by atoms with Crippen molar-refractivity contribution in [1.29, 1.82) is 0 Å². The standard InChI is InChI=1S/C17H11ClFN3O3/c18-10-1-7-13(8-2-10)22-16(24)14(15(23)21-17(22)25)9-20-12-5-3-11(19)4-6-12/h1-9,24H,(H,21,23,25). The summed E-state index contributed by atoms with van der Waals surface area (Å²) >= 11 is 5.81. The van der Waals surface area contributed by atoms with E-state index in [4.69, 9.17) is 11.6 Å². The van der Waals surface area contributed by atoms with Gasteiger partial charge in [0.25, 0.3) is 5.56 Å². The summed E-state index contributed by atoms with van der Waals surface area (Å²) in [4.78, 5) is 30.1. The maximum Gasteiger partial charge on any atom is 0.335 e. The molecule has 0 aliphatic carbocycles. The third-order valence-corrected chi connectivity index (χ3v) is 3.63. The first-order chi connectivity index (χ1) is 12.0. The zero-order valence-electron chi connectivity index (χ0n) is 12.6. The molecule has 1 heterocycles. The molecule has 0 saturated carbocycles. The number of H-pyrrole nitrogens is 1. The Morgan fingerprint density at radius 2 is 1.72 bits per heavy atom. The number of aromatic nitrogens is 2. The van der Waals surface area contributed by atoms with Crippen molar-refractivity contribution in [3.63, 3.8) is 0 Å². The molecule has 0 unspecified atom stereocenters. The quantitative estimate of drug-likeness (QED) is 0.705. The summed E-state index contributed by atoms with van der Waals surface area (Å²) in [5, 5.41) is 10.8. The van der Waals surface area contributed by atoms with Crippen molar-refractivity contribution in [2.75, 3.05) is 0 Å². The van der Waals surface area contributed by atoms with Crippen molar-refractivity contribution in [2.45, 2.75) is 0 Å². The summed E-state index contributed by atoms with van der Waals surface area (Å²) in [6.45, 7) is 0. The molecule has 0 radical (unpaired) electrons. The van der Waals surface area contributed by atoms with Crippen molar-refractivity contribution < 1.29 is 9.50 Å². The van der Waals surface area contributed by atoms with Crippen molar-refractivity contribution in [1.82, 2.24) is 9.55 Å². The summed E-state index contributed by atoms with van der Waals surface area (Å²) < 4.78 is 13.8. The van der Waals surface area contributed by atoms with E-state index in [0.29, 0.717) is 16.4 Å². The molecule has 8 heteroatoms. The SMILES string of the molecule is O=c1[nH]c(=O)n(-c2ccc(Cl)cc2)c(O)c1C=Nc1ccc(F)cc1. The number of rotatable bonds is 3. The number of aromatic amines is 1. The second kappa shape index (κ2) is 6.74. The van der Waals surface area contributed by atoms with E-state index in [2.05, 4.69) is 9.98 Å². The molecule has 126 valence electrons. The normalized spacial score (nSPS) is 11.1. The lowest BCUT2D eigenvalue weighted by atomic mass is 10.2. The van der Waals surface area contributed by atoms with Gasteiger partial charge in [0.2, 0.25) is 5.88 Å². The van der Waals surface area contributed by atoms with E-state index in [-0.39, 0.29) is 5.56 Å². The van der Waals surface area contributed by atoms with Gasteiger partial charge in [0, 0.05) is 11.2 Å². The molecule has 0 amide bonds. The lowest BCUT2D eigenvalue weighted by Crippen LogP contribution is -2.31. The molecule has 1 aromatic heterocycles. The highest BCUT2D eigenvalue weighted by atomic mass is 35.5. The fourth-order valence-corrected chi connectivity index (χ4v) is 2.28. The van der Waals surface area contributed by atoms with E-state index >= 15 is 0 Å². The Bertz CT molecular complexity index is 1050. The Morgan fingerprint density at radius 3 is 2.36 bits per heavy atom. The van der Waals surface area contributed by atoms with Crippen LogP contribution in [0.1, 0.15) is 5.56 Å². The Balaban J connectivity index is 2.10. The molecule has 6 nitrogen and oxygen atoms in total. The van der Waals surface area contributed by atoms with Gasteiger partial charge in [-0.3, -0.25) is 14.8 Å². The molecular weight excluding hydrogens is 349 g/mol. The van der Waals surface area contributed by atoms with Crippen LogP contribution in [0.25, 0.3) is 5.69 Å². The van der Waals surface area contributed by atoms with E-state index in [9.17, 15) is 19.1 Å². The van der Waals surface area contributed by atoms with Gasteiger partial charge in [0.1, 0.15) is 11.4 Å². The average molecular weight is 360 g/mol. The van der Waals surface area contributed by atoms with Gasteiger partial charge < -0.3 is 5.11 Å². The fourth-order valence-electron chi connectivity index (χ4n) is 2.15. The summed E-state index contributed by atoms with van der Waals surface area (Å²) in [6.07, 6.45) is 1.10. The lowest BCUT2D eigenvalue weighted by Gasteiger charge is -2.09. The average Bonchev–Trinajstić information content (AvgIpc) is 2.57. The molecule has 3 aromatic rings. The van der Waals surface area contributed by atoms with Gasteiger partial charge >= 0.3 is 5.69 Å². The molecule has 0 atom stereocenters. The smallest absolute Gasteiger partial charge is 0.335 e. The number of aliphatic imine (C=N–C) groups is 1. The monoisotopic (exact) mass is 359 g/mol. The van der Waals surface area contributed by atoms with E-state index in [1.807, 2.05) is 0 Å². The van der Waals surface area contributed by atoms with E-state index in [1.54, 1.807) is 12.1 Å². The topological polar surface area (TPSA) is 87.5 Å². The maximum atomic E-state index is 12.9. The third-order valence-electron chi connectivity index (χ3n) is 3.38. The second-order valence-corrected chi connectivity index (χ2v) is 5.48. The fraction of sp³-hybridized carbons (Fsp3) is 0.